The standard InChI is InChI=1S/C58H63N8O14.Rb/c1-25(2)15-40(66(7)8)54(74)65-50-52(72)32-11-14-44(27(4)17-32)80-35-19-33-18-34(21-35)79-43-13-10-30(16-26(43)3)28(5)47-55(75)61-39(24-67)36-22-42(69)29(6)51(71)46(36)37-20-31(9-12-41(37)68)48(56(76)62-47)64-57(77)49(33)63-53(73)38(23-45(59)70)60-58(50)78;/h9-14,16-22,25,28,38-40,47-50,52,68-69,71-72H,15,23H2,1-8H3,(H2,59,70)(H,60,78)(H,61,75)(H,62,76)(H,63,73)(H,64,77)(H,65,74);/t28-,38+,39+,40-,47+,48-,49-,50-,52-;/m1./s1. The molecule has 5 aromatic carbocycles. The van der Waals surface area contributed by atoms with E-state index in [1.165, 1.54) is 61.5 Å². The van der Waals surface area contributed by atoms with E-state index in [1.54, 1.807) is 64.0 Å². The third kappa shape index (κ3) is 13.0. The Kier molecular flexibility index (Phi) is 18.1. The Hall–Kier alpha value is -7.21. The van der Waals surface area contributed by atoms with Crippen molar-refractivity contribution in [3.05, 3.63) is 123 Å². The van der Waals surface area contributed by atoms with Crippen molar-refractivity contribution in [1.29, 1.82) is 0 Å². The van der Waals surface area contributed by atoms with Crippen molar-refractivity contribution in [2.24, 2.45) is 11.7 Å². The number of nitrogens with one attached hydrogen (secondary N) is 6. The van der Waals surface area contributed by atoms with Gasteiger partial charge in [-0.1, -0.05) is 19.9 Å². The molecule has 81 heavy (non-hydrogen) atoms. The van der Waals surface area contributed by atoms with Gasteiger partial charge in [-0.3, -0.25) is 24.1 Å². The van der Waals surface area contributed by atoms with Crippen molar-refractivity contribution in [3.8, 4) is 51.4 Å². The van der Waals surface area contributed by atoms with Gasteiger partial charge in [0.1, 0.15) is 29.7 Å². The minimum absolute atomic E-state index is 0.0304. The van der Waals surface area contributed by atoms with Gasteiger partial charge in [-0.2, -0.15) is 0 Å². The number of ether oxygens (including phenoxy) is 2. The summed E-state index contributed by atoms with van der Waals surface area (Å²) in [4.78, 5) is 117. The van der Waals surface area contributed by atoms with Crippen LogP contribution in [0.3, 0.4) is 0 Å². The van der Waals surface area contributed by atoms with Gasteiger partial charge in [-0.25, -0.2) is 0 Å². The van der Waals surface area contributed by atoms with Crippen LogP contribution < -0.4 is 47.1 Å². The number of phenolic OH excluding ortho intramolecular Hbond substituents is 3. The zero-order valence-corrected chi connectivity index (χ0v) is 51.0. The van der Waals surface area contributed by atoms with E-state index in [1.807, 2.05) is 13.8 Å². The maximum atomic E-state index is 15.5. The number of aromatic hydroxyl groups is 3. The number of hydrogen-bond donors (Lipinski definition) is 11. The van der Waals surface area contributed by atoms with E-state index in [2.05, 4.69) is 31.9 Å². The molecule has 0 spiro atoms. The van der Waals surface area contributed by atoms with Gasteiger partial charge in [0, 0.05) is 6.07 Å². The van der Waals surface area contributed by atoms with E-state index in [-0.39, 0.29) is 62.1 Å². The SMILES string of the molecule is Cc1cc2ccc1Oc1cc3cc(c1)[C@@H](NC(=O)[C@H](CC(N)=O)NC(=O)[C@H](NC(=O)[C@@H](CC(C)C)N(C)C)[C@H](O)c1ccc(c(C)c1)O3)C(=O)N[C@H]1C(=O)N[C@H](C(=O)N[C@@H]([C](=O)[Rb])c3cc(O)c(C)c(O)c3-c3cc1ccc3O)[C@@H]2C. The Labute approximate surface area is 505 Å². The van der Waals surface area contributed by atoms with Crippen LogP contribution in [0.1, 0.15) is 108 Å². The zero-order chi connectivity index (χ0) is 59.0. The van der Waals surface area contributed by atoms with Crippen LogP contribution in [0.5, 0.6) is 40.2 Å². The van der Waals surface area contributed by atoms with Crippen LogP contribution in [0.4, 0.5) is 0 Å². The summed E-state index contributed by atoms with van der Waals surface area (Å²) < 4.78 is 12.6. The van der Waals surface area contributed by atoms with Crippen molar-refractivity contribution < 1.29 is 68.3 Å². The van der Waals surface area contributed by atoms with Gasteiger partial charge in [0.2, 0.25) is 23.6 Å². The number of likely N-dealkylation sites (N-methyl/N-ethyl adjacent to an activating group) is 1. The van der Waals surface area contributed by atoms with Gasteiger partial charge in [-0.05, 0) is 68.8 Å². The number of carbonyl (C=O) groups is 8. The third-order valence-corrected chi connectivity index (χ3v) is 16.3. The van der Waals surface area contributed by atoms with Crippen LogP contribution in [-0.2, 0) is 38.4 Å². The molecule has 0 aliphatic carbocycles. The first-order valence-electron chi connectivity index (χ1n) is 26.3. The van der Waals surface area contributed by atoms with Gasteiger partial charge in [0.15, 0.2) is 0 Å². The summed E-state index contributed by atoms with van der Waals surface area (Å²) in [7, 11) is 3.36. The van der Waals surface area contributed by atoms with Crippen molar-refractivity contribution >= 4 is 95.7 Å². The Bertz CT molecular complexity index is 3410. The van der Waals surface area contributed by atoms with E-state index in [9.17, 15) is 49.2 Å². The Morgan fingerprint density at radius 2 is 1.27 bits per heavy atom. The molecule has 11 bridgehead atoms. The van der Waals surface area contributed by atoms with Crippen LogP contribution in [0.2, 0.25) is 0 Å². The number of amides is 7. The second-order valence-electron chi connectivity index (χ2n) is 21.6. The molecule has 22 nitrogen and oxygen atoms in total. The number of rotatable bonds is 8. The fraction of sp³-hybridized carbons (Fsp3) is 0.345. The molecule has 0 saturated heterocycles. The first-order chi connectivity index (χ1) is 38.2. The number of phenols is 3. The van der Waals surface area contributed by atoms with Gasteiger partial charge in [0.05, 0.1) is 12.5 Å². The van der Waals surface area contributed by atoms with Crippen LogP contribution in [0.15, 0.2) is 78.9 Å². The Morgan fingerprint density at radius 3 is 1.86 bits per heavy atom. The van der Waals surface area contributed by atoms with Crippen LogP contribution >= 0.6 is 0 Å². The van der Waals surface area contributed by atoms with Crippen molar-refractivity contribution in [2.45, 2.75) is 109 Å². The predicted octanol–water partition coefficient (Wildman–Crippen LogP) is 3.33. The Morgan fingerprint density at radius 1 is 0.691 bits per heavy atom. The number of aliphatic hydroxyl groups excluding tert-OH is 1. The monoisotopic (exact) mass is 1180 g/mol. The number of carbonyl (C=O) groups excluding carboxylic acids is 8. The quantitative estimate of drug-likeness (QED) is 0.106. The zero-order valence-electron chi connectivity index (χ0n) is 46.1. The number of benzene rings is 5. The molecule has 0 fully saturated rings. The second-order valence-corrected chi connectivity index (χ2v) is 24.0. The van der Waals surface area contributed by atoms with Crippen LogP contribution in [0, 0.1) is 26.7 Å². The van der Waals surface area contributed by atoms with Crippen LogP contribution in [0.25, 0.3) is 11.1 Å². The second kappa shape index (κ2) is 24.5. The molecule has 12 N–H and O–H groups in total. The molecule has 0 radical (unpaired) electrons. The molecule has 0 aromatic heterocycles. The molecule has 7 amide bonds. The number of aryl methyl sites for hydroxylation is 2. The van der Waals surface area contributed by atoms with Crippen molar-refractivity contribution in [3.63, 3.8) is 0 Å². The normalized spacial score (nSPS) is 22.4. The van der Waals surface area contributed by atoms with E-state index >= 15 is 9.59 Å². The summed E-state index contributed by atoms with van der Waals surface area (Å²) in [5.41, 5.74) is 6.87. The Balaban J connectivity index is 1.35. The maximum absolute atomic E-state index is 15.5. The molecule has 10 rings (SSSR count). The molecule has 9 atom stereocenters. The molecule has 23 heteroatoms. The number of aliphatic hydroxyl groups is 1. The minimum atomic E-state index is -1.90. The summed E-state index contributed by atoms with van der Waals surface area (Å²) in [5, 5.41) is 62.5. The van der Waals surface area contributed by atoms with Gasteiger partial charge in [0.25, 0.3) is 0 Å². The fourth-order valence-corrected chi connectivity index (χ4v) is 11.5. The van der Waals surface area contributed by atoms with Gasteiger partial charge >= 0.3 is 299 Å². The van der Waals surface area contributed by atoms with E-state index in [0.29, 0.717) is 28.9 Å². The third-order valence-electron chi connectivity index (χ3n) is 14.9. The van der Waals surface area contributed by atoms with Gasteiger partial charge < -0.3 is 26.2 Å². The van der Waals surface area contributed by atoms with Crippen LogP contribution in [-0.4, -0.2) is 159 Å². The summed E-state index contributed by atoms with van der Waals surface area (Å²) in [6.45, 7) is 10.3. The average molecular weight is 1180 g/mol. The molecule has 0 unspecified atom stereocenters. The molecule has 5 aromatic rings. The number of nitrogens with two attached hydrogens (primary N) is 1. The number of nitrogens with zero attached hydrogens (tertiary/aromatic N) is 1. The summed E-state index contributed by atoms with van der Waals surface area (Å²) in [5.74, 6) is -8.61. The van der Waals surface area contributed by atoms with Gasteiger partial charge in [-0.15, -0.1) is 0 Å². The molecule has 0 saturated carbocycles. The van der Waals surface area contributed by atoms with E-state index in [0.717, 1.165) is 0 Å². The molecular weight excluding hydrogens is 1120 g/mol. The average Bonchev–Trinajstić information content (AvgIpc) is 3.49. The van der Waals surface area contributed by atoms with Crippen molar-refractivity contribution in [2.75, 3.05) is 14.1 Å². The number of fused-ring (bicyclic) bond motifs is 15. The first-order valence-corrected chi connectivity index (χ1v) is 28.7. The molecular formula is C58H63N8O14Rb. The molecule has 5 aliphatic rings. The first kappa shape index (κ1) is 59.9. The fourth-order valence-electron chi connectivity index (χ4n) is 10.3. The number of hydrogen-bond acceptors (Lipinski definition) is 15. The molecule has 5 heterocycles. The van der Waals surface area contributed by atoms with E-state index in [4.69, 9.17) is 15.2 Å². The summed E-state index contributed by atoms with van der Waals surface area (Å²) in [6, 6.07) is 7.81. The molecule has 5 aliphatic heterocycles. The summed E-state index contributed by atoms with van der Waals surface area (Å²) >= 11 is -0.821. The molecule has 420 valence electrons. The summed E-state index contributed by atoms with van der Waals surface area (Å²) in [6.07, 6.45) is -2.25. The topological polar surface area (TPSA) is 337 Å². The predicted molar refractivity (Wildman–Crippen MR) is 294 cm³/mol. The van der Waals surface area contributed by atoms with E-state index < -0.39 is 174 Å². The number of primary amides is 1. The van der Waals surface area contributed by atoms with Crippen molar-refractivity contribution in [1.82, 2.24) is 36.8 Å².